The molecule has 6 rings (SSSR count). The van der Waals surface area contributed by atoms with Crippen molar-refractivity contribution in [2.24, 2.45) is 56.7 Å². The van der Waals surface area contributed by atoms with Crippen molar-refractivity contribution < 1.29 is 59.2 Å². The van der Waals surface area contributed by atoms with Crippen LogP contribution in [0, 0.1) is 56.7 Å². The molecular weight excluding hydrogens is 648 g/mol. The van der Waals surface area contributed by atoms with Crippen molar-refractivity contribution in [2.45, 2.75) is 143 Å². The molecule has 0 spiro atoms. The summed E-state index contributed by atoms with van der Waals surface area (Å²) in [5, 5.41) is 64.6. The summed E-state index contributed by atoms with van der Waals surface area (Å²) in [5.74, 6) is -1.61. The van der Waals surface area contributed by atoms with Gasteiger partial charge in [-0.25, -0.2) is 0 Å². The number of carboxylic acid groups (broad SMARTS) is 1. The van der Waals surface area contributed by atoms with Gasteiger partial charge in [-0.1, -0.05) is 60.1 Å². The number of allylic oxidation sites excluding steroid dienone is 1. The number of carboxylic acids is 1. The van der Waals surface area contributed by atoms with E-state index in [0.717, 1.165) is 24.8 Å². The monoisotopic (exact) mass is 708 g/mol. The number of carbonyl (C=O) groups excluding carboxylic acids is 1. The molecule has 3 saturated carbocycles. The Hall–Kier alpha value is -1.64. The first-order chi connectivity index (χ1) is 23.2. The lowest BCUT2D eigenvalue weighted by molar-refractivity contribution is -0.369. The Balaban J connectivity index is 1.42. The van der Waals surface area contributed by atoms with E-state index in [1.807, 2.05) is 6.92 Å². The summed E-state index contributed by atoms with van der Waals surface area (Å²) in [5.41, 5.74) is -2.15. The first-order valence-electron chi connectivity index (χ1n) is 18.6. The predicted octanol–water partition coefficient (Wildman–Crippen LogP) is 3.01. The first-order valence-corrected chi connectivity index (χ1v) is 18.6. The molecule has 4 aliphatic carbocycles. The molecule has 6 N–H and O–H groups in total. The Bertz CT molecular complexity index is 1370. The Labute approximate surface area is 295 Å². The van der Waals surface area contributed by atoms with Gasteiger partial charge in [0.2, 0.25) is 0 Å². The molecule has 0 aromatic heterocycles. The highest BCUT2D eigenvalue weighted by atomic mass is 16.7. The summed E-state index contributed by atoms with van der Waals surface area (Å²) >= 11 is 0. The van der Waals surface area contributed by atoms with Gasteiger partial charge in [-0.2, -0.15) is 0 Å². The largest absolute Gasteiger partial charge is 0.481 e. The maximum atomic E-state index is 13.4. The van der Waals surface area contributed by atoms with Gasteiger partial charge in [0.15, 0.2) is 12.6 Å². The van der Waals surface area contributed by atoms with Crippen molar-refractivity contribution >= 4 is 11.9 Å². The first kappa shape index (κ1) is 38.1. The highest BCUT2D eigenvalue weighted by Crippen LogP contribution is 2.75. The van der Waals surface area contributed by atoms with E-state index in [-0.39, 0.29) is 30.8 Å². The molecule has 2 saturated heterocycles. The predicted molar refractivity (Wildman–Crippen MR) is 179 cm³/mol. The van der Waals surface area contributed by atoms with Crippen LogP contribution in [0.3, 0.4) is 0 Å². The van der Waals surface area contributed by atoms with E-state index in [0.29, 0.717) is 18.8 Å². The van der Waals surface area contributed by atoms with E-state index in [9.17, 15) is 40.2 Å². The van der Waals surface area contributed by atoms with Crippen LogP contribution in [0.1, 0.15) is 93.9 Å². The number of ether oxygens (including phenoxy) is 4. The van der Waals surface area contributed by atoms with Crippen LogP contribution in [-0.2, 0) is 28.5 Å². The molecule has 12 heteroatoms. The highest BCUT2D eigenvalue weighted by molar-refractivity contribution is 5.73. The van der Waals surface area contributed by atoms with Gasteiger partial charge in [0.05, 0.1) is 19.1 Å². The third-order valence-corrected chi connectivity index (χ3v) is 15.6. The summed E-state index contributed by atoms with van der Waals surface area (Å²) in [6.07, 6.45) is -4.59. The van der Waals surface area contributed by atoms with Gasteiger partial charge in [0.1, 0.15) is 36.6 Å². The Morgan fingerprint density at radius 1 is 0.980 bits per heavy atom. The number of aliphatic hydroxyl groups excluding tert-OH is 5. The minimum atomic E-state index is -1.65. The van der Waals surface area contributed by atoms with Crippen LogP contribution in [0.4, 0.5) is 0 Å². The fourth-order valence-electron chi connectivity index (χ4n) is 12.5. The molecule has 284 valence electrons. The van der Waals surface area contributed by atoms with E-state index >= 15 is 0 Å². The van der Waals surface area contributed by atoms with Crippen LogP contribution in [-0.4, -0.2) is 105 Å². The average molecular weight is 709 g/mol. The van der Waals surface area contributed by atoms with Gasteiger partial charge in [0, 0.05) is 24.2 Å². The number of hydrogen-bond donors (Lipinski definition) is 6. The minimum Gasteiger partial charge on any atom is -0.481 e. The molecule has 12 nitrogen and oxygen atoms in total. The molecule has 5 fully saturated rings. The number of carbonyl (C=O) groups is 2. The molecule has 2 unspecified atom stereocenters. The van der Waals surface area contributed by atoms with Crippen LogP contribution in [0.5, 0.6) is 0 Å². The lowest BCUT2D eigenvalue weighted by atomic mass is 9.34. The van der Waals surface area contributed by atoms with Gasteiger partial charge >= 0.3 is 11.9 Å². The maximum absolute atomic E-state index is 13.4. The van der Waals surface area contributed by atoms with E-state index in [1.165, 1.54) is 6.92 Å². The molecule has 0 amide bonds. The molecule has 2 heterocycles. The molecule has 0 aromatic carbocycles. The second kappa shape index (κ2) is 12.7. The smallest absolute Gasteiger partial charge is 0.307 e. The van der Waals surface area contributed by atoms with Gasteiger partial charge in [-0.3, -0.25) is 9.59 Å². The van der Waals surface area contributed by atoms with Crippen molar-refractivity contribution in [3.63, 3.8) is 0 Å². The van der Waals surface area contributed by atoms with Crippen LogP contribution < -0.4 is 0 Å². The zero-order valence-corrected chi connectivity index (χ0v) is 30.9. The van der Waals surface area contributed by atoms with E-state index in [2.05, 4.69) is 47.6 Å². The van der Waals surface area contributed by atoms with Crippen LogP contribution >= 0.6 is 0 Å². The lowest BCUT2D eigenvalue weighted by Crippen LogP contribution is -2.73. The fraction of sp³-hybridized carbons (Fsp3) is 0.895. The maximum Gasteiger partial charge on any atom is 0.307 e. The highest BCUT2D eigenvalue weighted by Gasteiger charge is 2.74. The summed E-state index contributed by atoms with van der Waals surface area (Å²) < 4.78 is 24.5. The molecule has 0 aromatic rings. The number of fused-ring (bicyclic) bond motifs is 3. The molecule has 50 heavy (non-hydrogen) atoms. The lowest BCUT2D eigenvalue weighted by Gasteiger charge is -2.71. The summed E-state index contributed by atoms with van der Waals surface area (Å²) in [6, 6.07) is 0. The molecule has 2 bridgehead atoms. The van der Waals surface area contributed by atoms with Crippen LogP contribution in [0.2, 0.25) is 0 Å². The molecule has 2 aliphatic heterocycles. The minimum absolute atomic E-state index is 0.0419. The van der Waals surface area contributed by atoms with E-state index in [4.69, 9.17) is 18.9 Å². The Morgan fingerprint density at radius 3 is 2.26 bits per heavy atom. The number of aliphatic hydroxyl groups is 5. The van der Waals surface area contributed by atoms with E-state index in [1.54, 1.807) is 0 Å². The molecule has 17 atom stereocenters. The van der Waals surface area contributed by atoms with Gasteiger partial charge in [-0.15, -0.1) is 0 Å². The van der Waals surface area contributed by atoms with Gasteiger partial charge < -0.3 is 49.6 Å². The zero-order chi connectivity index (χ0) is 36.9. The third kappa shape index (κ3) is 5.13. The Kier molecular flexibility index (Phi) is 9.71. The van der Waals surface area contributed by atoms with Crippen LogP contribution in [0.25, 0.3) is 0 Å². The standard InChI is InChI=1S/C38H60O12/c1-18(2)19(3)34(5)13-14-36(7)21-9-10-25-35(6)17-47-33(46)38(25,22(21)11-12-37(36,8)29(34)31(44)45)15-23(48-20(4)40)30(35)50-32-28(43)27(42)26(41)24(16-39)49-32/h11,18-19,21,23-30,32-33,39,41-43,46H,9-10,12-17H2,1-8H3,(H,44,45)/t19-,21+,23?,24-,25+,26-,27+,28-,29-,30+,32+,33?,34-,35-,36-,37+,38+/m1/s1. The Morgan fingerprint density at radius 2 is 1.66 bits per heavy atom. The number of esters is 1. The quantitative estimate of drug-likeness (QED) is 0.129. The van der Waals surface area contributed by atoms with Crippen molar-refractivity contribution in [3.05, 3.63) is 11.6 Å². The summed E-state index contributed by atoms with van der Waals surface area (Å²) in [6.45, 7) is 15.8. The van der Waals surface area contributed by atoms with Gasteiger partial charge in [0.25, 0.3) is 0 Å². The second-order valence-corrected chi connectivity index (χ2v) is 18.0. The molecule has 6 aliphatic rings. The van der Waals surface area contributed by atoms with Crippen molar-refractivity contribution in [1.82, 2.24) is 0 Å². The third-order valence-electron chi connectivity index (χ3n) is 15.6. The molecule has 0 radical (unpaired) electrons. The topological polar surface area (TPSA) is 192 Å². The van der Waals surface area contributed by atoms with Crippen molar-refractivity contribution in [3.8, 4) is 0 Å². The SMILES string of the molecule is CC(=O)OC1C[C@]23C4=CC[C@@]5(C)[C@H](C(=O)O)[C@@](C)([C@H](C)C(C)C)CC[C@]5(C)[C@H]4CC[C@H]2[C@@](C)(COC3O)[C@H]1O[C@@H]1O[C@H](CO)[C@@H](O)[C@H](O)[C@H]1O. The number of aliphatic carboxylic acids is 1. The van der Waals surface area contributed by atoms with Crippen LogP contribution in [0.15, 0.2) is 11.6 Å². The normalized spacial score (nSPS) is 52.2. The number of hydrogen-bond acceptors (Lipinski definition) is 11. The average Bonchev–Trinajstić information content (AvgIpc) is 3.04. The summed E-state index contributed by atoms with van der Waals surface area (Å²) in [7, 11) is 0. The summed E-state index contributed by atoms with van der Waals surface area (Å²) in [4.78, 5) is 26.1. The van der Waals surface area contributed by atoms with Gasteiger partial charge in [-0.05, 0) is 72.0 Å². The molecular formula is C38H60O12. The zero-order valence-electron chi connectivity index (χ0n) is 30.9. The van der Waals surface area contributed by atoms with E-state index < -0.39 is 101 Å². The fourth-order valence-corrected chi connectivity index (χ4v) is 12.5. The van der Waals surface area contributed by atoms with Crippen molar-refractivity contribution in [1.29, 1.82) is 0 Å². The number of rotatable bonds is 7. The van der Waals surface area contributed by atoms with Crippen molar-refractivity contribution in [2.75, 3.05) is 13.2 Å². The second-order valence-electron chi connectivity index (χ2n) is 18.0.